The predicted octanol–water partition coefficient (Wildman–Crippen LogP) is 1.64. The molecule has 16 heavy (non-hydrogen) atoms. The van der Waals surface area contributed by atoms with Gasteiger partial charge in [-0.1, -0.05) is 0 Å². The number of pyridine rings is 1. The first-order valence-electron chi connectivity index (χ1n) is 4.54. The Morgan fingerprint density at radius 2 is 2.12 bits per heavy atom. The molecule has 0 amide bonds. The third-order valence-electron chi connectivity index (χ3n) is 1.74. The van der Waals surface area contributed by atoms with Crippen LogP contribution in [0, 0.1) is 4.91 Å². The number of hydrogen-bond acceptors (Lipinski definition) is 6. The predicted molar refractivity (Wildman–Crippen MR) is 56.2 cm³/mol. The van der Waals surface area contributed by atoms with E-state index in [9.17, 15) is 14.8 Å². The van der Waals surface area contributed by atoms with Crippen molar-refractivity contribution in [3.8, 4) is 0 Å². The maximum Gasteiger partial charge on any atom is 0.364 e. The third-order valence-corrected chi connectivity index (χ3v) is 1.74. The Labute approximate surface area is 91.6 Å². The molecule has 1 aromatic rings. The molecule has 1 rings (SSSR count). The Bertz CT molecular complexity index is 414. The van der Waals surface area contributed by atoms with E-state index >= 15 is 0 Å². The van der Waals surface area contributed by atoms with Crippen molar-refractivity contribution in [1.82, 2.24) is 4.98 Å². The van der Waals surface area contributed by atoms with E-state index in [2.05, 4.69) is 14.9 Å². The molecule has 0 aliphatic heterocycles. The van der Waals surface area contributed by atoms with E-state index in [1.165, 1.54) is 24.5 Å². The van der Waals surface area contributed by atoms with Gasteiger partial charge in [-0.3, -0.25) is 4.98 Å². The molecule has 0 fully saturated rings. The minimum Gasteiger partial charge on any atom is -0.505 e. The van der Waals surface area contributed by atoms with E-state index < -0.39 is 17.4 Å². The number of esters is 1. The van der Waals surface area contributed by atoms with Gasteiger partial charge in [-0.25, -0.2) is 4.79 Å². The molecule has 0 radical (unpaired) electrons. The lowest BCUT2D eigenvalue weighted by Crippen LogP contribution is -2.08. The number of hydrogen-bond donors (Lipinski definition) is 1. The lowest BCUT2D eigenvalue weighted by molar-refractivity contribution is -0.138. The highest BCUT2D eigenvalue weighted by atomic mass is 16.5. The van der Waals surface area contributed by atoms with Crippen molar-refractivity contribution >= 4 is 11.7 Å². The van der Waals surface area contributed by atoms with Crippen LogP contribution in [0.4, 0.5) is 0 Å². The van der Waals surface area contributed by atoms with E-state index in [1.54, 1.807) is 6.92 Å². The molecule has 0 bridgehead atoms. The number of aliphatic hydroxyl groups is 1. The summed E-state index contributed by atoms with van der Waals surface area (Å²) in [7, 11) is 0. The summed E-state index contributed by atoms with van der Waals surface area (Å²) >= 11 is 0. The van der Waals surface area contributed by atoms with Gasteiger partial charge in [0.2, 0.25) is 5.70 Å². The Kier molecular flexibility index (Phi) is 4.14. The van der Waals surface area contributed by atoms with Gasteiger partial charge in [0.25, 0.3) is 0 Å². The van der Waals surface area contributed by atoms with Gasteiger partial charge >= 0.3 is 5.97 Å². The van der Waals surface area contributed by atoms with Crippen molar-refractivity contribution in [1.29, 1.82) is 0 Å². The van der Waals surface area contributed by atoms with Gasteiger partial charge in [-0.2, -0.15) is 0 Å². The first-order valence-corrected chi connectivity index (χ1v) is 4.54. The number of nitroso groups, excluding NO2 is 1. The van der Waals surface area contributed by atoms with Gasteiger partial charge in [0.15, 0.2) is 5.76 Å². The fraction of sp³-hybridized carbons (Fsp3) is 0.200. The Morgan fingerprint density at radius 3 is 2.62 bits per heavy atom. The van der Waals surface area contributed by atoms with Crippen LogP contribution in [0.1, 0.15) is 12.5 Å². The molecule has 0 aliphatic rings. The second-order valence-electron chi connectivity index (χ2n) is 2.74. The summed E-state index contributed by atoms with van der Waals surface area (Å²) in [5, 5.41) is 12.1. The zero-order valence-electron chi connectivity index (χ0n) is 8.58. The standard InChI is InChI=1S/C10H10N2O4/c1-2-16-10(14)8(12-15)9(13)7-3-5-11-6-4-7/h3-6,13H,2H2,1H3/b9-8+. The molecule has 1 aromatic heterocycles. The second kappa shape index (κ2) is 5.59. The number of rotatable bonds is 4. The van der Waals surface area contributed by atoms with E-state index in [4.69, 9.17) is 0 Å². The Morgan fingerprint density at radius 1 is 1.50 bits per heavy atom. The first kappa shape index (κ1) is 11.8. The first-order chi connectivity index (χ1) is 7.70. The third kappa shape index (κ3) is 2.63. The van der Waals surface area contributed by atoms with E-state index in [1.807, 2.05) is 0 Å². The molecule has 1 heterocycles. The average molecular weight is 222 g/mol. The highest BCUT2D eigenvalue weighted by Gasteiger charge is 2.18. The van der Waals surface area contributed by atoms with Crippen molar-refractivity contribution in [2.45, 2.75) is 6.92 Å². The van der Waals surface area contributed by atoms with Gasteiger partial charge in [0.05, 0.1) is 6.61 Å². The SMILES string of the molecule is CCOC(=O)/C(N=O)=C(\O)c1ccncc1. The number of nitrogens with zero attached hydrogens (tertiary/aromatic N) is 2. The van der Waals surface area contributed by atoms with Gasteiger partial charge in [-0.15, -0.1) is 4.91 Å². The van der Waals surface area contributed by atoms with Crippen molar-refractivity contribution in [2.75, 3.05) is 6.61 Å². The summed E-state index contributed by atoms with van der Waals surface area (Å²) in [6.07, 6.45) is 2.83. The summed E-state index contributed by atoms with van der Waals surface area (Å²) in [5.41, 5.74) is -0.370. The zero-order valence-corrected chi connectivity index (χ0v) is 8.58. The van der Waals surface area contributed by atoms with Crippen LogP contribution in [0.15, 0.2) is 35.4 Å². The van der Waals surface area contributed by atoms with E-state index in [0.717, 1.165) is 0 Å². The Hall–Kier alpha value is -2.24. The fourth-order valence-electron chi connectivity index (χ4n) is 1.02. The van der Waals surface area contributed by atoms with Crippen LogP contribution in [-0.4, -0.2) is 22.7 Å². The van der Waals surface area contributed by atoms with Crippen LogP contribution in [-0.2, 0) is 9.53 Å². The molecule has 0 aromatic carbocycles. The minimum atomic E-state index is -0.952. The fourth-order valence-corrected chi connectivity index (χ4v) is 1.02. The topological polar surface area (TPSA) is 88.8 Å². The molecule has 0 atom stereocenters. The van der Waals surface area contributed by atoms with E-state index in [-0.39, 0.29) is 12.2 Å². The summed E-state index contributed by atoms with van der Waals surface area (Å²) in [5.74, 6) is -1.47. The van der Waals surface area contributed by atoms with Crippen LogP contribution in [0.25, 0.3) is 5.76 Å². The molecule has 0 saturated heterocycles. The molecule has 6 heteroatoms. The molecular formula is C10H10N2O4. The highest BCUT2D eigenvalue weighted by Crippen LogP contribution is 2.16. The molecule has 0 spiro atoms. The number of carbonyl (C=O) groups excluding carboxylic acids is 1. The van der Waals surface area contributed by atoms with Gasteiger partial charge in [-0.05, 0) is 24.2 Å². The molecule has 1 N–H and O–H groups in total. The summed E-state index contributed by atoms with van der Waals surface area (Å²) in [6, 6.07) is 2.89. The van der Waals surface area contributed by atoms with Crippen molar-refractivity contribution in [3.63, 3.8) is 0 Å². The molecule has 6 nitrogen and oxygen atoms in total. The highest BCUT2D eigenvalue weighted by molar-refractivity contribution is 5.95. The zero-order chi connectivity index (χ0) is 12.0. The second-order valence-corrected chi connectivity index (χ2v) is 2.74. The summed E-state index contributed by atoms with van der Waals surface area (Å²) in [6.45, 7) is 1.69. The normalized spacial score (nSPS) is 11.6. The molecule has 84 valence electrons. The average Bonchev–Trinajstić information content (AvgIpc) is 2.31. The number of aliphatic hydroxyl groups excluding tert-OH is 1. The van der Waals surface area contributed by atoms with Gasteiger partial charge < -0.3 is 9.84 Å². The molecule has 0 unspecified atom stereocenters. The minimum absolute atomic E-state index is 0.0987. The van der Waals surface area contributed by atoms with Crippen molar-refractivity contribution in [2.24, 2.45) is 5.18 Å². The van der Waals surface area contributed by atoms with Gasteiger partial charge in [0.1, 0.15) is 0 Å². The Balaban J connectivity index is 3.09. The van der Waals surface area contributed by atoms with Crippen LogP contribution >= 0.6 is 0 Å². The molecular weight excluding hydrogens is 212 g/mol. The largest absolute Gasteiger partial charge is 0.505 e. The summed E-state index contributed by atoms with van der Waals surface area (Å²) < 4.78 is 4.57. The summed E-state index contributed by atoms with van der Waals surface area (Å²) in [4.78, 5) is 25.4. The van der Waals surface area contributed by atoms with Crippen LogP contribution < -0.4 is 0 Å². The van der Waals surface area contributed by atoms with Crippen LogP contribution in [0.2, 0.25) is 0 Å². The molecule has 0 aliphatic carbocycles. The number of ether oxygens (including phenoxy) is 1. The van der Waals surface area contributed by atoms with Crippen molar-refractivity contribution in [3.05, 3.63) is 40.7 Å². The lowest BCUT2D eigenvalue weighted by atomic mass is 10.2. The quantitative estimate of drug-likeness (QED) is 0.362. The number of aromatic nitrogens is 1. The van der Waals surface area contributed by atoms with E-state index in [0.29, 0.717) is 0 Å². The molecule has 0 saturated carbocycles. The monoisotopic (exact) mass is 222 g/mol. The van der Waals surface area contributed by atoms with Crippen molar-refractivity contribution < 1.29 is 14.6 Å². The lowest BCUT2D eigenvalue weighted by Gasteiger charge is -2.03. The van der Waals surface area contributed by atoms with Crippen LogP contribution in [0.5, 0.6) is 0 Å². The smallest absolute Gasteiger partial charge is 0.364 e. The number of carbonyl (C=O) groups is 1. The van der Waals surface area contributed by atoms with Gasteiger partial charge in [0, 0.05) is 18.0 Å². The maximum absolute atomic E-state index is 11.2. The maximum atomic E-state index is 11.2. The van der Waals surface area contributed by atoms with Crippen LogP contribution in [0.3, 0.4) is 0 Å².